The van der Waals surface area contributed by atoms with Crippen LogP contribution >= 0.6 is 0 Å². The zero-order valence-electron chi connectivity index (χ0n) is 13.1. The van der Waals surface area contributed by atoms with Crippen LogP contribution in [-0.2, 0) is 16.0 Å². The molecule has 0 saturated heterocycles. The Bertz CT molecular complexity index is 773. The Balaban J connectivity index is 1.78. The number of carbonyl (C=O) groups is 2. The topological polar surface area (TPSA) is 46.6 Å². The zero-order chi connectivity index (χ0) is 16.4. The number of hydrogen-bond acceptors (Lipinski definition) is 3. The summed E-state index contributed by atoms with van der Waals surface area (Å²) < 4.78 is 5.88. The number of hydrogen-bond donors (Lipinski definition) is 0. The fourth-order valence-electron chi connectivity index (χ4n) is 2.49. The largest absolute Gasteiger partial charge is 0.457 e. The van der Waals surface area contributed by atoms with Gasteiger partial charge < -0.3 is 4.74 Å². The van der Waals surface area contributed by atoms with Gasteiger partial charge in [-0.2, -0.15) is 0 Å². The number of carbonyl (C=O) groups excluding carboxylic acids is 2. The number of imide groups is 1. The van der Waals surface area contributed by atoms with E-state index in [-0.39, 0.29) is 11.8 Å². The van der Waals surface area contributed by atoms with E-state index in [9.17, 15) is 9.59 Å². The maximum absolute atomic E-state index is 11.7. The minimum absolute atomic E-state index is 0.324. The van der Waals surface area contributed by atoms with E-state index < -0.39 is 0 Å². The van der Waals surface area contributed by atoms with Crippen LogP contribution in [0.5, 0.6) is 11.5 Å². The number of anilines is 1. The standard InChI is InChI=1S/C19H17NO3/c1-3-14-4-9-17(13(2)12-14)23-16-7-5-15(6-8-16)20-18(21)10-11-19(20)22/h4-12H,3H2,1-2H3. The van der Waals surface area contributed by atoms with E-state index in [0.29, 0.717) is 11.4 Å². The molecule has 4 nitrogen and oxygen atoms in total. The Morgan fingerprint density at radius 2 is 1.61 bits per heavy atom. The summed E-state index contributed by atoms with van der Waals surface area (Å²) in [7, 11) is 0. The van der Waals surface area contributed by atoms with Crippen molar-refractivity contribution in [3.63, 3.8) is 0 Å². The first-order valence-corrected chi connectivity index (χ1v) is 7.52. The molecule has 4 heteroatoms. The van der Waals surface area contributed by atoms with Gasteiger partial charge in [0.05, 0.1) is 5.69 Å². The summed E-state index contributed by atoms with van der Waals surface area (Å²) in [4.78, 5) is 24.4. The minimum Gasteiger partial charge on any atom is -0.457 e. The number of nitrogens with zero attached hydrogens (tertiary/aromatic N) is 1. The predicted octanol–water partition coefficient (Wildman–Crippen LogP) is 3.78. The molecular weight excluding hydrogens is 290 g/mol. The Hall–Kier alpha value is -2.88. The molecule has 2 amide bonds. The molecule has 2 aromatic carbocycles. The van der Waals surface area contributed by atoms with Gasteiger partial charge in [0.15, 0.2) is 0 Å². The second-order valence-corrected chi connectivity index (χ2v) is 5.39. The van der Waals surface area contributed by atoms with Gasteiger partial charge in [-0.05, 0) is 54.8 Å². The van der Waals surface area contributed by atoms with Crippen molar-refractivity contribution >= 4 is 17.5 Å². The molecule has 1 aliphatic rings. The molecule has 0 radical (unpaired) electrons. The summed E-state index contributed by atoms with van der Waals surface area (Å²) in [5, 5.41) is 0. The summed E-state index contributed by atoms with van der Waals surface area (Å²) >= 11 is 0. The third-order valence-corrected chi connectivity index (χ3v) is 3.78. The van der Waals surface area contributed by atoms with Crippen molar-refractivity contribution in [2.24, 2.45) is 0 Å². The third kappa shape index (κ3) is 3.01. The van der Waals surface area contributed by atoms with Gasteiger partial charge in [0.1, 0.15) is 11.5 Å². The van der Waals surface area contributed by atoms with Crippen LogP contribution in [0.1, 0.15) is 18.1 Å². The molecule has 2 aromatic rings. The summed E-state index contributed by atoms with van der Waals surface area (Å²) in [6.45, 7) is 4.12. The molecule has 0 bridgehead atoms. The minimum atomic E-state index is -0.324. The van der Waals surface area contributed by atoms with Crippen molar-refractivity contribution in [3.05, 3.63) is 65.7 Å². The number of benzene rings is 2. The fraction of sp³-hybridized carbons (Fsp3) is 0.158. The van der Waals surface area contributed by atoms with E-state index >= 15 is 0 Å². The molecule has 0 spiro atoms. The maximum Gasteiger partial charge on any atom is 0.258 e. The highest BCUT2D eigenvalue weighted by Gasteiger charge is 2.24. The third-order valence-electron chi connectivity index (χ3n) is 3.78. The van der Waals surface area contributed by atoms with Crippen LogP contribution in [-0.4, -0.2) is 11.8 Å². The quantitative estimate of drug-likeness (QED) is 0.808. The normalized spacial score (nSPS) is 13.7. The Labute approximate surface area is 135 Å². The molecule has 0 N–H and O–H groups in total. The van der Waals surface area contributed by atoms with Gasteiger partial charge in [-0.25, -0.2) is 4.90 Å². The van der Waals surface area contributed by atoms with Crippen LogP contribution < -0.4 is 9.64 Å². The van der Waals surface area contributed by atoms with Crippen LogP contribution in [0.15, 0.2) is 54.6 Å². The van der Waals surface area contributed by atoms with E-state index in [1.807, 2.05) is 19.1 Å². The molecule has 0 unspecified atom stereocenters. The van der Waals surface area contributed by atoms with Gasteiger partial charge in [0.2, 0.25) is 0 Å². The van der Waals surface area contributed by atoms with E-state index in [4.69, 9.17) is 4.74 Å². The summed E-state index contributed by atoms with van der Waals surface area (Å²) in [6.07, 6.45) is 3.53. The first-order valence-electron chi connectivity index (χ1n) is 7.52. The lowest BCUT2D eigenvalue weighted by Gasteiger charge is -2.15. The number of rotatable bonds is 4. The average Bonchev–Trinajstić information content (AvgIpc) is 2.89. The zero-order valence-corrected chi connectivity index (χ0v) is 13.1. The highest BCUT2D eigenvalue weighted by molar-refractivity contribution is 6.28. The molecule has 0 atom stereocenters. The molecule has 3 rings (SSSR count). The molecule has 0 fully saturated rings. The van der Waals surface area contributed by atoms with E-state index in [2.05, 4.69) is 13.0 Å². The van der Waals surface area contributed by atoms with Gasteiger partial charge in [0, 0.05) is 12.2 Å². The van der Waals surface area contributed by atoms with Crippen LogP contribution in [0.4, 0.5) is 5.69 Å². The molecule has 0 aromatic heterocycles. The molecule has 1 heterocycles. The Morgan fingerprint density at radius 1 is 0.957 bits per heavy atom. The SMILES string of the molecule is CCc1ccc(Oc2ccc(N3C(=O)C=CC3=O)cc2)c(C)c1. The number of ether oxygens (including phenoxy) is 1. The second kappa shape index (κ2) is 6.08. The van der Waals surface area contributed by atoms with Crippen molar-refractivity contribution in [2.75, 3.05) is 4.90 Å². The van der Waals surface area contributed by atoms with Crippen molar-refractivity contribution in [1.29, 1.82) is 0 Å². The van der Waals surface area contributed by atoms with Crippen molar-refractivity contribution in [2.45, 2.75) is 20.3 Å². The highest BCUT2D eigenvalue weighted by atomic mass is 16.5. The van der Waals surface area contributed by atoms with Crippen LogP contribution in [0, 0.1) is 6.92 Å². The monoisotopic (exact) mass is 307 g/mol. The van der Waals surface area contributed by atoms with E-state index in [1.165, 1.54) is 17.7 Å². The summed E-state index contributed by atoms with van der Waals surface area (Å²) in [6, 6.07) is 13.0. The molecule has 116 valence electrons. The maximum atomic E-state index is 11.7. The molecule has 0 aliphatic carbocycles. The van der Waals surface area contributed by atoms with Crippen molar-refractivity contribution in [1.82, 2.24) is 0 Å². The Kier molecular flexibility index (Phi) is 3.98. The molecule has 1 aliphatic heterocycles. The molecule has 23 heavy (non-hydrogen) atoms. The number of aryl methyl sites for hydroxylation is 2. The van der Waals surface area contributed by atoms with Crippen molar-refractivity contribution in [3.8, 4) is 11.5 Å². The van der Waals surface area contributed by atoms with Gasteiger partial charge in [-0.3, -0.25) is 9.59 Å². The lowest BCUT2D eigenvalue weighted by Crippen LogP contribution is -2.29. The second-order valence-electron chi connectivity index (χ2n) is 5.39. The first kappa shape index (κ1) is 15.0. The van der Waals surface area contributed by atoms with Gasteiger partial charge in [-0.1, -0.05) is 19.1 Å². The molecule has 0 saturated carbocycles. The summed E-state index contributed by atoms with van der Waals surface area (Å²) in [5.74, 6) is 0.808. The number of amides is 2. The van der Waals surface area contributed by atoms with Crippen LogP contribution in [0.2, 0.25) is 0 Å². The Morgan fingerprint density at radius 3 is 2.17 bits per heavy atom. The lowest BCUT2D eigenvalue weighted by molar-refractivity contribution is -0.119. The first-order chi connectivity index (χ1) is 11.1. The molecular formula is C19H17NO3. The van der Waals surface area contributed by atoms with Crippen molar-refractivity contribution < 1.29 is 14.3 Å². The average molecular weight is 307 g/mol. The fourth-order valence-corrected chi connectivity index (χ4v) is 2.49. The van der Waals surface area contributed by atoms with Gasteiger partial charge in [0.25, 0.3) is 11.8 Å². The highest BCUT2D eigenvalue weighted by Crippen LogP contribution is 2.28. The van der Waals surface area contributed by atoms with Crippen LogP contribution in [0.25, 0.3) is 0 Å². The van der Waals surface area contributed by atoms with E-state index in [1.54, 1.807) is 24.3 Å². The van der Waals surface area contributed by atoms with Gasteiger partial charge >= 0.3 is 0 Å². The van der Waals surface area contributed by atoms with Gasteiger partial charge in [-0.15, -0.1) is 0 Å². The smallest absolute Gasteiger partial charge is 0.258 e. The summed E-state index contributed by atoms with van der Waals surface area (Å²) in [5.41, 5.74) is 2.88. The van der Waals surface area contributed by atoms with Crippen LogP contribution in [0.3, 0.4) is 0 Å². The lowest BCUT2D eigenvalue weighted by atomic mass is 10.1. The van der Waals surface area contributed by atoms with E-state index in [0.717, 1.165) is 22.6 Å². The predicted molar refractivity (Wildman–Crippen MR) is 88.7 cm³/mol.